The summed E-state index contributed by atoms with van der Waals surface area (Å²) in [6, 6.07) is 14.5. The van der Waals surface area contributed by atoms with Crippen molar-refractivity contribution in [1.29, 1.82) is 0 Å². The van der Waals surface area contributed by atoms with Gasteiger partial charge >= 0.3 is 0 Å². The van der Waals surface area contributed by atoms with E-state index in [0.717, 1.165) is 35.5 Å². The van der Waals surface area contributed by atoms with E-state index in [4.69, 9.17) is 0 Å². The molecule has 0 aliphatic heterocycles. The quantitative estimate of drug-likeness (QED) is 0.879. The summed E-state index contributed by atoms with van der Waals surface area (Å²) in [5, 5.41) is 3.13. The predicted molar refractivity (Wildman–Crippen MR) is 86.3 cm³/mol. The monoisotopic (exact) mass is 333 g/mol. The lowest BCUT2D eigenvalue weighted by Gasteiger charge is -2.17. The van der Waals surface area contributed by atoms with Crippen LogP contribution in [0.1, 0.15) is 17.0 Å². The maximum atomic E-state index is 4.65. The number of nitrogens with zero attached hydrogens (tertiary/aromatic N) is 2. The van der Waals surface area contributed by atoms with Crippen molar-refractivity contribution >= 4 is 15.9 Å². The molecule has 2 aromatic rings. The molecule has 106 valence electrons. The van der Waals surface area contributed by atoms with Crippen LogP contribution in [0.2, 0.25) is 0 Å². The molecule has 0 bridgehead atoms. The molecule has 20 heavy (non-hydrogen) atoms. The van der Waals surface area contributed by atoms with Crippen molar-refractivity contribution in [3.8, 4) is 0 Å². The summed E-state index contributed by atoms with van der Waals surface area (Å²) in [6.07, 6.45) is 0. The van der Waals surface area contributed by atoms with Crippen molar-refractivity contribution in [1.82, 2.24) is 15.2 Å². The topological polar surface area (TPSA) is 28.2 Å². The molecule has 2 rings (SSSR count). The van der Waals surface area contributed by atoms with E-state index < -0.39 is 0 Å². The zero-order valence-electron chi connectivity index (χ0n) is 11.9. The summed E-state index contributed by atoms with van der Waals surface area (Å²) in [5.41, 5.74) is 3.48. The molecule has 0 saturated heterocycles. The van der Waals surface area contributed by atoms with Gasteiger partial charge in [0.25, 0.3) is 0 Å². The van der Waals surface area contributed by atoms with Gasteiger partial charge in [-0.05, 0) is 37.9 Å². The fourth-order valence-electron chi connectivity index (χ4n) is 2.15. The molecule has 0 radical (unpaired) electrons. The van der Waals surface area contributed by atoms with Crippen LogP contribution in [0.4, 0.5) is 0 Å². The van der Waals surface area contributed by atoms with Crippen LogP contribution < -0.4 is 5.32 Å². The number of hydrogen-bond acceptors (Lipinski definition) is 3. The number of benzene rings is 1. The minimum absolute atomic E-state index is 0.807. The predicted octanol–water partition coefficient (Wildman–Crippen LogP) is 3.20. The third kappa shape index (κ3) is 4.40. The minimum atomic E-state index is 0.807. The molecular weight excluding hydrogens is 314 g/mol. The maximum Gasteiger partial charge on any atom is 0.0547 e. The Bertz CT molecular complexity index is 557. The Kier molecular flexibility index (Phi) is 5.71. The van der Waals surface area contributed by atoms with Gasteiger partial charge in [0.1, 0.15) is 0 Å². The molecule has 3 nitrogen and oxygen atoms in total. The fraction of sp³-hybridized carbons (Fsp3) is 0.312. The molecule has 4 heteroatoms. The lowest BCUT2D eigenvalue weighted by molar-refractivity contribution is 0.314. The van der Waals surface area contributed by atoms with Gasteiger partial charge in [-0.1, -0.05) is 40.2 Å². The van der Waals surface area contributed by atoms with E-state index in [1.165, 1.54) is 5.56 Å². The van der Waals surface area contributed by atoms with Crippen molar-refractivity contribution < 1.29 is 0 Å². The molecule has 0 aliphatic carbocycles. The van der Waals surface area contributed by atoms with Crippen LogP contribution in [0.3, 0.4) is 0 Å². The zero-order chi connectivity index (χ0) is 14.4. The number of rotatable bonds is 6. The van der Waals surface area contributed by atoms with Gasteiger partial charge in [0.15, 0.2) is 0 Å². The Hall–Kier alpha value is -1.23. The molecular formula is C16H20BrN3. The first-order valence-corrected chi connectivity index (χ1v) is 7.49. The smallest absolute Gasteiger partial charge is 0.0547 e. The zero-order valence-corrected chi connectivity index (χ0v) is 13.5. The van der Waals surface area contributed by atoms with Crippen molar-refractivity contribution in [3.05, 3.63) is 63.9 Å². The van der Waals surface area contributed by atoms with Crippen LogP contribution in [0.5, 0.6) is 0 Å². The van der Waals surface area contributed by atoms with E-state index >= 15 is 0 Å². The molecule has 0 atom stereocenters. The lowest BCUT2D eigenvalue weighted by atomic mass is 10.2. The number of halogens is 1. The van der Waals surface area contributed by atoms with Gasteiger partial charge in [-0.25, -0.2) is 0 Å². The summed E-state index contributed by atoms with van der Waals surface area (Å²) in [7, 11) is 4.05. The molecule has 0 saturated carbocycles. The molecule has 1 aromatic heterocycles. The van der Waals surface area contributed by atoms with Crippen LogP contribution >= 0.6 is 15.9 Å². The van der Waals surface area contributed by atoms with Gasteiger partial charge in [0.2, 0.25) is 0 Å². The lowest BCUT2D eigenvalue weighted by Crippen LogP contribution is -2.19. The van der Waals surface area contributed by atoms with Gasteiger partial charge in [-0.15, -0.1) is 0 Å². The molecule has 0 fully saturated rings. The SMILES string of the molecule is CNCc1cccc(CN(C)Cc2ccccc2Br)n1. The second kappa shape index (κ2) is 7.53. The molecule has 0 amide bonds. The normalized spacial score (nSPS) is 11.0. The Balaban J connectivity index is 1.99. The van der Waals surface area contributed by atoms with Gasteiger partial charge in [-0.2, -0.15) is 0 Å². The summed E-state index contributed by atoms with van der Waals surface area (Å²) >= 11 is 3.59. The van der Waals surface area contributed by atoms with Crippen molar-refractivity contribution in [3.63, 3.8) is 0 Å². The highest BCUT2D eigenvalue weighted by Crippen LogP contribution is 2.17. The molecule has 1 N–H and O–H groups in total. The maximum absolute atomic E-state index is 4.65. The van der Waals surface area contributed by atoms with Crippen LogP contribution in [0.25, 0.3) is 0 Å². The molecule has 0 spiro atoms. The Morgan fingerprint density at radius 2 is 1.80 bits per heavy atom. The van der Waals surface area contributed by atoms with Gasteiger partial charge in [0.05, 0.1) is 11.4 Å². The minimum Gasteiger partial charge on any atom is -0.314 e. The summed E-state index contributed by atoms with van der Waals surface area (Å²) < 4.78 is 1.16. The fourth-order valence-corrected chi connectivity index (χ4v) is 2.56. The van der Waals surface area contributed by atoms with E-state index in [9.17, 15) is 0 Å². The second-order valence-electron chi connectivity index (χ2n) is 4.91. The number of hydrogen-bond donors (Lipinski definition) is 1. The molecule has 1 heterocycles. The van der Waals surface area contributed by atoms with Crippen LogP contribution in [0.15, 0.2) is 46.9 Å². The molecule has 0 unspecified atom stereocenters. The number of aromatic nitrogens is 1. The average Bonchev–Trinajstić information content (AvgIpc) is 2.42. The van der Waals surface area contributed by atoms with E-state index in [2.05, 4.69) is 68.5 Å². The number of nitrogens with one attached hydrogen (secondary N) is 1. The van der Waals surface area contributed by atoms with E-state index in [1.54, 1.807) is 0 Å². The summed E-state index contributed by atoms with van der Waals surface area (Å²) in [5.74, 6) is 0. The van der Waals surface area contributed by atoms with Gasteiger partial charge in [0, 0.05) is 24.1 Å². The average molecular weight is 334 g/mol. The van der Waals surface area contributed by atoms with Crippen molar-refractivity contribution in [2.45, 2.75) is 19.6 Å². The third-order valence-electron chi connectivity index (χ3n) is 3.05. The Morgan fingerprint density at radius 1 is 1.05 bits per heavy atom. The highest BCUT2D eigenvalue weighted by Gasteiger charge is 2.06. The number of pyridine rings is 1. The van der Waals surface area contributed by atoms with E-state index in [1.807, 2.05) is 19.2 Å². The second-order valence-corrected chi connectivity index (χ2v) is 5.77. The van der Waals surface area contributed by atoms with E-state index in [0.29, 0.717) is 0 Å². The largest absolute Gasteiger partial charge is 0.314 e. The first-order chi connectivity index (χ1) is 9.69. The standard InChI is InChI=1S/C16H20BrN3/c1-18-10-14-7-5-8-15(19-14)12-20(2)11-13-6-3-4-9-16(13)17/h3-9,18H,10-12H2,1-2H3. The van der Waals surface area contributed by atoms with Crippen molar-refractivity contribution in [2.24, 2.45) is 0 Å². The van der Waals surface area contributed by atoms with Gasteiger partial charge < -0.3 is 5.32 Å². The Morgan fingerprint density at radius 3 is 2.55 bits per heavy atom. The first-order valence-electron chi connectivity index (χ1n) is 6.70. The molecule has 1 aromatic carbocycles. The van der Waals surface area contributed by atoms with E-state index in [-0.39, 0.29) is 0 Å². The van der Waals surface area contributed by atoms with Crippen LogP contribution in [-0.2, 0) is 19.6 Å². The summed E-state index contributed by atoms with van der Waals surface area (Å²) in [6.45, 7) is 2.56. The highest BCUT2D eigenvalue weighted by atomic mass is 79.9. The van der Waals surface area contributed by atoms with Crippen molar-refractivity contribution in [2.75, 3.05) is 14.1 Å². The Labute approximate surface area is 129 Å². The van der Waals surface area contributed by atoms with Crippen LogP contribution in [0, 0.1) is 0 Å². The van der Waals surface area contributed by atoms with Gasteiger partial charge in [-0.3, -0.25) is 9.88 Å². The summed E-state index contributed by atoms with van der Waals surface area (Å²) in [4.78, 5) is 6.92. The first kappa shape index (κ1) is 15.2. The molecule has 0 aliphatic rings. The third-order valence-corrected chi connectivity index (χ3v) is 3.83. The highest BCUT2D eigenvalue weighted by molar-refractivity contribution is 9.10. The van der Waals surface area contributed by atoms with Crippen LogP contribution in [-0.4, -0.2) is 24.0 Å².